The van der Waals surface area contributed by atoms with Gasteiger partial charge in [-0.05, 0) is 42.0 Å². The lowest BCUT2D eigenvalue weighted by atomic mass is 10.1. The first kappa shape index (κ1) is 17.3. The molecular formula is C20H16FN3O2. The van der Waals surface area contributed by atoms with Crippen LogP contribution in [0.25, 0.3) is 0 Å². The minimum atomic E-state index is -0.570. The molecule has 0 atom stereocenters. The zero-order valence-corrected chi connectivity index (χ0v) is 13.8. The van der Waals surface area contributed by atoms with Gasteiger partial charge in [-0.3, -0.25) is 14.6 Å². The second-order valence-corrected chi connectivity index (χ2v) is 5.56. The van der Waals surface area contributed by atoms with E-state index in [1.165, 1.54) is 24.4 Å². The monoisotopic (exact) mass is 349 g/mol. The Hall–Kier alpha value is -3.54. The summed E-state index contributed by atoms with van der Waals surface area (Å²) in [5.74, 6) is -1.30. The van der Waals surface area contributed by atoms with Crippen molar-refractivity contribution in [1.29, 1.82) is 0 Å². The van der Waals surface area contributed by atoms with E-state index in [1.807, 2.05) is 0 Å². The van der Waals surface area contributed by atoms with E-state index < -0.39 is 11.7 Å². The summed E-state index contributed by atoms with van der Waals surface area (Å²) >= 11 is 0. The highest BCUT2D eigenvalue weighted by atomic mass is 19.1. The molecule has 3 aromatic rings. The van der Waals surface area contributed by atoms with E-state index in [2.05, 4.69) is 15.6 Å². The highest BCUT2D eigenvalue weighted by molar-refractivity contribution is 6.04. The Labute approximate surface area is 149 Å². The summed E-state index contributed by atoms with van der Waals surface area (Å²) in [4.78, 5) is 28.0. The molecule has 0 fully saturated rings. The Morgan fingerprint density at radius 1 is 0.923 bits per heavy atom. The van der Waals surface area contributed by atoms with Crippen LogP contribution < -0.4 is 10.6 Å². The van der Waals surface area contributed by atoms with Crippen molar-refractivity contribution in [1.82, 2.24) is 10.3 Å². The molecule has 3 rings (SSSR count). The van der Waals surface area contributed by atoms with Gasteiger partial charge in [-0.2, -0.15) is 0 Å². The van der Waals surface area contributed by atoms with Crippen LogP contribution in [-0.4, -0.2) is 16.8 Å². The standard InChI is InChI=1S/C20H16FN3O2/c21-18-6-2-1-5-17(18)20(26)24-16-9-7-14(8-10-16)12-23-19(25)15-4-3-11-22-13-15/h1-11,13H,12H2,(H,23,25)(H,24,26). The molecule has 2 N–H and O–H groups in total. The second kappa shape index (κ2) is 8.02. The Bertz CT molecular complexity index is 912. The number of halogens is 1. The summed E-state index contributed by atoms with van der Waals surface area (Å²) in [5, 5.41) is 5.44. The molecule has 5 nitrogen and oxygen atoms in total. The number of carbonyl (C=O) groups excluding carboxylic acids is 2. The molecule has 1 heterocycles. The SMILES string of the molecule is O=C(NCc1ccc(NC(=O)c2ccccc2F)cc1)c1cccnc1. The Kier molecular flexibility index (Phi) is 5.34. The van der Waals surface area contributed by atoms with E-state index in [-0.39, 0.29) is 11.5 Å². The molecule has 0 bridgehead atoms. The Balaban J connectivity index is 1.58. The number of benzene rings is 2. The van der Waals surface area contributed by atoms with Crippen molar-refractivity contribution in [3.05, 3.63) is 95.6 Å². The topological polar surface area (TPSA) is 71.1 Å². The molecule has 0 saturated heterocycles. The number of carbonyl (C=O) groups is 2. The van der Waals surface area contributed by atoms with Crippen LogP contribution in [0.15, 0.2) is 73.1 Å². The van der Waals surface area contributed by atoms with Gasteiger partial charge in [0, 0.05) is 24.6 Å². The van der Waals surface area contributed by atoms with Crippen LogP contribution in [-0.2, 0) is 6.54 Å². The first-order valence-corrected chi connectivity index (χ1v) is 7.96. The molecule has 0 radical (unpaired) electrons. The maximum atomic E-state index is 13.6. The van der Waals surface area contributed by atoms with Crippen molar-refractivity contribution in [2.75, 3.05) is 5.32 Å². The third-order valence-corrected chi connectivity index (χ3v) is 3.71. The van der Waals surface area contributed by atoms with Gasteiger partial charge in [-0.15, -0.1) is 0 Å². The van der Waals surface area contributed by atoms with E-state index in [1.54, 1.807) is 48.7 Å². The number of hydrogen-bond donors (Lipinski definition) is 2. The lowest BCUT2D eigenvalue weighted by Gasteiger charge is -2.08. The molecule has 26 heavy (non-hydrogen) atoms. The van der Waals surface area contributed by atoms with Crippen LogP contribution in [0.1, 0.15) is 26.3 Å². The number of anilines is 1. The summed E-state index contributed by atoms with van der Waals surface area (Å²) in [6.45, 7) is 0.343. The normalized spacial score (nSPS) is 10.2. The smallest absolute Gasteiger partial charge is 0.258 e. The molecule has 0 spiro atoms. The van der Waals surface area contributed by atoms with Crippen LogP contribution in [0, 0.1) is 5.82 Å². The minimum Gasteiger partial charge on any atom is -0.348 e. The van der Waals surface area contributed by atoms with Crippen molar-refractivity contribution < 1.29 is 14.0 Å². The van der Waals surface area contributed by atoms with Gasteiger partial charge >= 0.3 is 0 Å². The van der Waals surface area contributed by atoms with E-state index in [0.717, 1.165) is 5.56 Å². The maximum Gasteiger partial charge on any atom is 0.258 e. The van der Waals surface area contributed by atoms with E-state index in [9.17, 15) is 14.0 Å². The van der Waals surface area contributed by atoms with Gasteiger partial charge < -0.3 is 10.6 Å². The molecule has 0 unspecified atom stereocenters. The highest BCUT2D eigenvalue weighted by Crippen LogP contribution is 2.13. The zero-order valence-electron chi connectivity index (χ0n) is 13.8. The molecule has 0 aliphatic heterocycles. The summed E-state index contributed by atoms with van der Waals surface area (Å²) in [7, 11) is 0. The third-order valence-electron chi connectivity index (χ3n) is 3.71. The molecule has 0 aliphatic carbocycles. The number of hydrogen-bond acceptors (Lipinski definition) is 3. The first-order chi connectivity index (χ1) is 12.6. The lowest BCUT2D eigenvalue weighted by Crippen LogP contribution is -2.22. The average molecular weight is 349 g/mol. The Morgan fingerprint density at radius 2 is 1.69 bits per heavy atom. The largest absolute Gasteiger partial charge is 0.348 e. The highest BCUT2D eigenvalue weighted by Gasteiger charge is 2.11. The fraction of sp³-hybridized carbons (Fsp3) is 0.0500. The van der Waals surface area contributed by atoms with Crippen LogP contribution >= 0.6 is 0 Å². The van der Waals surface area contributed by atoms with E-state index in [4.69, 9.17) is 0 Å². The summed E-state index contributed by atoms with van der Waals surface area (Å²) in [6, 6.07) is 16.1. The van der Waals surface area contributed by atoms with Crippen LogP contribution in [0.4, 0.5) is 10.1 Å². The zero-order chi connectivity index (χ0) is 18.4. The van der Waals surface area contributed by atoms with Gasteiger partial charge in [0.2, 0.25) is 0 Å². The number of aromatic nitrogens is 1. The second-order valence-electron chi connectivity index (χ2n) is 5.56. The van der Waals surface area contributed by atoms with E-state index >= 15 is 0 Å². The number of nitrogens with zero attached hydrogens (tertiary/aromatic N) is 1. The molecule has 6 heteroatoms. The van der Waals surface area contributed by atoms with Crippen molar-refractivity contribution in [2.24, 2.45) is 0 Å². The van der Waals surface area contributed by atoms with Crippen LogP contribution in [0.5, 0.6) is 0 Å². The van der Waals surface area contributed by atoms with Gasteiger partial charge in [0.05, 0.1) is 11.1 Å². The lowest BCUT2D eigenvalue weighted by molar-refractivity contribution is 0.0949. The summed E-state index contributed by atoms with van der Waals surface area (Å²) < 4.78 is 13.6. The molecular weight excluding hydrogens is 333 g/mol. The molecule has 130 valence electrons. The number of nitrogens with one attached hydrogen (secondary N) is 2. The van der Waals surface area contributed by atoms with Crippen molar-refractivity contribution in [3.8, 4) is 0 Å². The summed E-state index contributed by atoms with van der Waals surface area (Å²) in [6.07, 6.45) is 3.10. The van der Waals surface area contributed by atoms with Crippen molar-refractivity contribution >= 4 is 17.5 Å². The third kappa shape index (κ3) is 4.30. The van der Waals surface area contributed by atoms with Gasteiger partial charge in [0.25, 0.3) is 11.8 Å². The fourth-order valence-corrected chi connectivity index (χ4v) is 2.33. The van der Waals surface area contributed by atoms with Gasteiger partial charge in [-0.25, -0.2) is 4.39 Å². The summed E-state index contributed by atoms with van der Waals surface area (Å²) in [5.41, 5.74) is 1.88. The first-order valence-electron chi connectivity index (χ1n) is 7.96. The minimum absolute atomic E-state index is 0.0136. The number of rotatable bonds is 5. The predicted octanol–water partition coefficient (Wildman–Crippen LogP) is 3.40. The van der Waals surface area contributed by atoms with Gasteiger partial charge in [-0.1, -0.05) is 24.3 Å². The van der Waals surface area contributed by atoms with Crippen LogP contribution in [0.3, 0.4) is 0 Å². The number of pyridine rings is 1. The maximum absolute atomic E-state index is 13.6. The van der Waals surface area contributed by atoms with Crippen LogP contribution in [0.2, 0.25) is 0 Å². The van der Waals surface area contributed by atoms with Gasteiger partial charge in [0.1, 0.15) is 5.82 Å². The molecule has 1 aromatic heterocycles. The predicted molar refractivity (Wildman–Crippen MR) is 96.2 cm³/mol. The molecule has 0 aliphatic rings. The Morgan fingerprint density at radius 3 is 2.38 bits per heavy atom. The molecule has 0 saturated carbocycles. The number of amides is 2. The van der Waals surface area contributed by atoms with Crippen molar-refractivity contribution in [3.63, 3.8) is 0 Å². The quantitative estimate of drug-likeness (QED) is 0.742. The van der Waals surface area contributed by atoms with Gasteiger partial charge in [0.15, 0.2) is 0 Å². The van der Waals surface area contributed by atoms with E-state index in [0.29, 0.717) is 17.8 Å². The average Bonchev–Trinajstić information content (AvgIpc) is 2.68. The fourth-order valence-electron chi connectivity index (χ4n) is 2.33. The van der Waals surface area contributed by atoms with Crippen molar-refractivity contribution in [2.45, 2.75) is 6.54 Å². The molecule has 2 aromatic carbocycles. The molecule has 2 amide bonds.